The average molecular weight is 239 g/mol. The van der Waals surface area contributed by atoms with Crippen molar-refractivity contribution in [3.8, 4) is 6.07 Å². The molecule has 6 heteroatoms. The van der Waals surface area contributed by atoms with Gasteiger partial charge in [-0.15, -0.1) is 11.3 Å². The molecule has 1 heterocycles. The number of nitrogens with zero attached hydrogens (tertiary/aromatic N) is 2. The Bertz CT molecular complexity index is 414. The molecule has 0 bridgehead atoms. The van der Waals surface area contributed by atoms with Gasteiger partial charge in [0.25, 0.3) is 0 Å². The number of ether oxygens (including phenoxy) is 1. The molecule has 0 aliphatic carbocycles. The Morgan fingerprint density at radius 1 is 1.69 bits per heavy atom. The van der Waals surface area contributed by atoms with E-state index in [2.05, 4.69) is 10.3 Å². The molecule has 0 spiro atoms. The molecule has 0 fully saturated rings. The first-order chi connectivity index (χ1) is 7.40. The minimum Gasteiger partial charge on any atom is -0.444 e. The third-order valence-electron chi connectivity index (χ3n) is 1.46. The predicted octanol–water partition coefficient (Wildman–Crippen LogP) is 2.04. The van der Waals surface area contributed by atoms with Crippen LogP contribution in [-0.2, 0) is 11.3 Å². The van der Waals surface area contributed by atoms with Crippen molar-refractivity contribution in [2.45, 2.75) is 32.9 Å². The molecule has 5 nitrogen and oxygen atoms in total. The summed E-state index contributed by atoms with van der Waals surface area (Å²) in [5.41, 5.74) is -0.504. The summed E-state index contributed by atoms with van der Waals surface area (Å²) in [6.07, 6.45) is 1.10. The molecule has 0 saturated carbocycles. The summed E-state index contributed by atoms with van der Waals surface area (Å²) in [6, 6.07) is 1.94. The summed E-state index contributed by atoms with van der Waals surface area (Å²) in [6.45, 7) is 5.72. The number of hydrogen-bond donors (Lipinski definition) is 1. The van der Waals surface area contributed by atoms with Crippen molar-refractivity contribution in [3.05, 3.63) is 16.1 Å². The molecular weight excluding hydrogens is 226 g/mol. The summed E-state index contributed by atoms with van der Waals surface area (Å²) >= 11 is 1.25. The van der Waals surface area contributed by atoms with Crippen molar-refractivity contribution in [1.29, 1.82) is 5.26 Å². The van der Waals surface area contributed by atoms with Gasteiger partial charge in [-0.05, 0) is 20.8 Å². The lowest BCUT2D eigenvalue weighted by Crippen LogP contribution is -2.31. The standard InChI is InChI=1S/C10H13N3O2S/c1-10(2,3)15-9(14)13-6-7-5-12-8(4-11)16-7/h5H,6H2,1-3H3,(H,13,14). The SMILES string of the molecule is CC(C)(C)OC(=O)NCc1cnc(C#N)s1. The lowest BCUT2D eigenvalue weighted by atomic mass is 10.2. The van der Waals surface area contributed by atoms with Crippen LogP contribution in [0.5, 0.6) is 0 Å². The van der Waals surface area contributed by atoms with Gasteiger partial charge in [-0.2, -0.15) is 5.26 Å². The number of nitriles is 1. The highest BCUT2D eigenvalue weighted by Crippen LogP contribution is 2.12. The Morgan fingerprint density at radius 3 is 2.88 bits per heavy atom. The average Bonchev–Trinajstić information content (AvgIpc) is 2.59. The first-order valence-electron chi connectivity index (χ1n) is 4.72. The molecule has 1 aromatic heterocycles. The van der Waals surface area contributed by atoms with Crippen LogP contribution in [0.25, 0.3) is 0 Å². The zero-order valence-electron chi connectivity index (χ0n) is 9.40. The lowest BCUT2D eigenvalue weighted by molar-refractivity contribution is 0.0524. The second-order valence-corrected chi connectivity index (χ2v) is 5.21. The van der Waals surface area contributed by atoms with E-state index in [1.165, 1.54) is 11.3 Å². The zero-order valence-corrected chi connectivity index (χ0v) is 10.2. The van der Waals surface area contributed by atoms with Gasteiger partial charge in [-0.1, -0.05) is 0 Å². The van der Waals surface area contributed by atoms with Crippen molar-refractivity contribution in [3.63, 3.8) is 0 Å². The van der Waals surface area contributed by atoms with Crippen LogP contribution in [0.1, 0.15) is 30.7 Å². The Morgan fingerprint density at radius 2 is 2.38 bits per heavy atom. The molecule has 0 radical (unpaired) electrons. The lowest BCUT2D eigenvalue weighted by Gasteiger charge is -2.19. The van der Waals surface area contributed by atoms with Crippen molar-refractivity contribution in [2.24, 2.45) is 0 Å². The maximum absolute atomic E-state index is 11.3. The Kier molecular flexibility index (Phi) is 3.85. The van der Waals surface area contributed by atoms with Crippen LogP contribution >= 0.6 is 11.3 Å². The second-order valence-electron chi connectivity index (χ2n) is 4.10. The third kappa shape index (κ3) is 4.28. The third-order valence-corrected chi connectivity index (χ3v) is 2.36. The number of hydrogen-bond acceptors (Lipinski definition) is 5. The Balaban J connectivity index is 2.41. The highest BCUT2D eigenvalue weighted by molar-refractivity contribution is 7.12. The number of aromatic nitrogens is 1. The van der Waals surface area contributed by atoms with Crippen molar-refractivity contribution < 1.29 is 9.53 Å². The quantitative estimate of drug-likeness (QED) is 0.856. The molecule has 1 rings (SSSR count). The molecule has 1 amide bonds. The number of alkyl carbamates (subject to hydrolysis) is 1. The van der Waals surface area contributed by atoms with E-state index in [-0.39, 0.29) is 0 Å². The van der Waals surface area contributed by atoms with Gasteiger partial charge in [-0.25, -0.2) is 9.78 Å². The molecule has 1 N–H and O–H groups in total. The van der Waals surface area contributed by atoms with Gasteiger partial charge in [0.2, 0.25) is 0 Å². The predicted molar refractivity (Wildman–Crippen MR) is 59.9 cm³/mol. The van der Waals surface area contributed by atoms with Crippen LogP contribution in [0.2, 0.25) is 0 Å². The molecular formula is C10H13N3O2S. The zero-order chi connectivity index (χ0) is 12.2. The number of rotatable bonds is 2. The maximum atomic E-state index is 11.3. The monoisotopic (exact) mass is 239 g/mol. The van der Waals surface area contributed by atoms with Gasteiger partial charge in [0.1, 0.15) is 11.7 Å². The molecule has 0 aliphatic heterocycles. The molecule has 0 atom stereocenters. The van der Waals surface area contributed by atoms with E-state index in [0.717, 1.165) is 4.88 Å². The smallest absolute Gasteiger partial charge is 0.407 e. The number of amides is 1. The Hall–Kier alpha value is -1.61. The van der Waals surface area contributed by atoms with Crippen LogP contribution in [0, 0.1) is 11.3 Å². The van der Waals surface area contributed by atoms with Crippen LogP contribution in [0.15, 0.2) is 6.20 Å². The maximum Gasteiger partial charge on any atom is 0.407 e. The highest BCUT2D eigenvalue weighted by atomic mass is 32.1. The van der Waals surface area contributed by atoms with E-state index in [0.29, 0.717) is 11.6 Å². The molecule has 16 heavy (non-hydrogen) atoms. The number of carbonyl (C=O) groups excluding carboxylic acids is 1. The summed E-state index contributed by atoms with van der Waals surface area (Å²) in [7, 11) is 0. The molecule has 0 saturated heterocycles. The fourth-order valence-electron chi connectivity index (χ4n) is 0.914. The van der Waals surface area contributed by atoms with Crippen LogP contribution < -0.4 is 5.32 Å². The molecule has 0 unspecified atom stereocenters. The first-order valence-corrected chi connectivity index (χ1v) is 5.54. The van der Waals surface area contributed by atoms with E-state index < -0.39 is 11.7 Å². The van der Waals surface area contributed by atoms with Crippen LogP contribution in [-0.4, -0.2) is 16.7 Å². The van der Waals surface area contributed by atoms with Gasteiger partial charge >= 0.3 is 6.09 Å². The Labute approximate surface area is 98.1 Å². The van der Waals surface area contributed by atoms with Gasteiger partial charge in [0.05, 0.1) is 6.54 Å². The molecule has 0 aliphatic rings. The molecule has 1 aromatic rings. The van der Waals surface area contributed by atoms with Crippen molar-refractivity contribution >= 4 is 17.4 Å². The van der Waals surface area contributed by atoms with Crippen molar-refractivity contribution in [1.82, 2.24) is 10.3 Å². The van der Waals surface area contributed by atoms with Gasteiger partial charge in [-0.3, -0.25) is 0 Å². The minimum atomic E-state index is -0.504. The normalized spacial score (nSPS) is 10.6. The summed E-state index contributed by atoms with van der Waals surface area (Å²) in [4.78, 5) is 16.0. The van der Waals surface area contributed by atoms with Gasteiger partial charge < -0.3 is 10.1 Å². The van der Waals surface area contributed by atoms with Gasteiger partial charge in [0.15, 0.2) is 5.01 Å². The first kappa shape index (κ1) is 12.5. The molecule has 0 aromatic carbocycles. The number of carbonyl (C=O) groups is 1. The van der Waals surface area contributed by atoms with Crippen molar-refractivity contribution in [2.75, 3.05) is 0 Å². The summed E-state index contributed by atoms with van der Waals surface area (Å²) < 4.78 is 5.06. The van der Waals surface area contributed by atoms with E-state index in [9.17, 15) is 4.79 Å². The molecule has 86 valence electrons. The highest BCUT2D eigenvalue weighted by Gasteiger charge is 2.15. The topological polar surface area (TPSA) is 75.0 Å². The largest absolute Gasteiger partial charge is 0.444 e. The summed E-state index contributed by atoms with van der Waals surface area (Å²) in [5.74, 6) is 0. The van der Waals surface area contributed by atoms with Crippen LogP contribution in [0.3, 0.4) is 0 Å². The second kappa shape index (κ2) is 4.94. The summed E-state index contributed by atoms with van der Waals surface area (Å²) in [5, 5.41) is 11.5. The number of nitrogens with one attached hydrogen (secondary N) is 1. The van der Waals surface area contributed by atoms with E-state index in [1.54, 1.807) is 27.0 Å². The van der Waals surface area contributed by atoms with Crippen LogP contribution in [0.4, 0.5) is 4.79 Å². The van der Waals surface area contributed by atoms with E-state index in [1.807, 2.05) is 6.07 Å². The fraction of sp³-hybridized carbons (Fsp3) is 0.500. The van der Waals surface area contributed by atoms with Gasteiger partial charge in [0, 0.05) is 11.1 Å². The van der Waals surface area contributed by atoms with E-state index >= 15 is 0 Å². The minimum absolute atomic E-state index is 0.328. The van der Waals surface area contributed by atoms with E-state index in [4.69, 9.17) is 10.00 Å². The fourth-order valence-corrected chi connectivity index (χ4v) is 1.56. The number of thiazole rings is 1.